The van der Waals surface area contributed by atoms with Gasteiger partial charge in [0.25, 0.3) is 0 Å². The first-order chi connectivity index (χ1) is 23.9. The molecule has 1 saturated carbocycles. The van der Waals surface area contributed by atoms with E-state index in [1.54, 1.807) is 41.4 Å². The Bertz CT molecular complexity index is 2120. The molecule has 46 heavy (non-hydrogen) atoms. The Morgan fingerprint density at radius 2 is 1.72 bits per heavy atom. The van der Waals surface area contributed by atoms with Crippen LogP contribution in [0.5, 0.6) is 0 Å². The van der Waals surface area contributed by atoms with Crippen LogP contribution in [0.3, 0.4) is 0 Å². The zero-order valence-electron chi connectivity index (χ0n) is 29.3. The number of fused-ring (bicyclic) bond motifs is 1. The molecule has 0 bridgehead atoms. The number of carbonyl (C=O) groups is 1. The van der Waals surface area contributed by atoms with Crippen molar-refractivity contribution in [2.45, 2.75) is 56.5 Å². The van der Waals surface area contributed by atoms with Crippen LogP contribution in [0.25, 0.3) is 39.5 Å². The molecule has 3 fully saturated rings. The molecule has 2 aliphatic heterocycles. The molecule has 0 spiro atoms. The summed E-state index contributed by atoms with van der Waals surface area (Å²) in [6.07, 6.45) is 5.28. The Morgan fingerprint density at radius 3 is 2.41 bits per heavy atom. The van der Waals surface area contributed by atoms with Gasteiger partial charge < -0.3 is 21.3 Å². The van der Waals surface area contributed by atoms with Crippen LogP contribution in [0.2, 0.25) is 0 Å². The van der Waals surface area contributed by atoms with Gasteiger partial charge in [0.2, 0.25) is 5.91 Å². The predicted octanol–water partition coefficient (Wildman–Crippen LogP) is 5.80. The van der Waals surface area contributed by atoms with E-state index < -0.39 is 24.9 Å². The predicted molar refractivity (Wildman–Crippen MR) is 178 cm³/mol. The standard InChI is InChI=1S/C36H37FN8O/c37-32-26(5-1-7-30(32)43-21-15-24(16-22-43)44-20-3-8-31(44)46)28-13-14-29-35(41-28)45(34(42-29)27-6-2-19-40-33(27)38)25-11-9-23(10-12-25)36(39)17-4-18-36/h1-2,5-7,9-14,19,24H,3-4,8,15-18,20-22,39H2,(H2,38,40)/i21D2,22D2. The van der Waals surface area contributed by atoms with Crippen molar-refractivity contribution in [1.29, 1.82) is 0 Å². The average molecular weight is 621 g/mol. The first-order valence-corrected chi connectivity index (χ1v) is 15.8. The minimum atomic E-state index is -2.28. The van der Waals surface area contributed by atoms with Crippen LogP contribution in [0, 0.1) is 5.82 Å². The number of nitrogen functional groups attached to an aromatic ring is 1. The zero-order chi connectivity index (χ0) is 35.0. The number of amides is 1. The number of aromatic nitrogens is 4. The van der Waals surface area contributed by atoms with Crippen molar-refractivity contribution in [3.8, 4) is 28.3 Å². The summed E-state index contributed by atoms with van der Waals surface area (Å²) in [6, 6.07) is 18.8. The van der Waals surface area contributed by atoms with E-state index >= 15 is 4.39 Å². The zero-order valence-corrected chi connectivity index (χ0v) is 25.3. The maximum Gasteiger partial charge on any atom is 0.222 e. The Balaban J connectivity index is 1.22. The highest BCUT2D eigenvalue weighted by Crippen LogP contribution is 2.40. The molecule has 4 N–H and O–H groups in total. The lowest BCUT2D eigenvalue weighted by Crippen LogP contribution is -2.45. The smallest absolute Gasteiger partial charge is 0.222 e. The van der Waals surface area contributed by atoms with E-state index in [4.69, 9.17) is 26.9 Å². The number of hydrogen-bond acceptors (Lipinski definition) is 7. The normalized spacial score (nSPS) is 21.8. The van der Waals surface area contributed by atoms with Gasteiger partial charge in [-0.05, 0) is 92.6 Å². The van der Waals surface area contributed by atoms with Crippen LogP contribution in [0.15, 0.2) is 72.9 Å². The molecule has 0 radical (unpaired) electrons. The third-order valence-electron chi connectivity index (χ3n) is 9.55. The fourth-order valence-corrected chi connectivity index (χ4v) is 6.79. The van der Waals surface area contributed by atoms with Crippen LogP contribution >= 0.6 is 0 Å². The van der Waals surface area contributed by atoms with Crippen molar-refractivity contribution in [3.05, 3.63) is 84.3 Å². The summed E-state index contributed by atoms with van der Waals surface area (Å²) in [7, 11) is 0. The second kappa shape index (κ2) is 11.2. The van der Waals surface area contributed by atoms with Crippen molar-refractivity contribution in [1.82, 2.24) is 24.4 Å². The number of carbonyl (C=O) groups excluding carboxylic acids is 1. The Labute approximate surface area is 272 Å². The maximum absolute atomic E-state index is 16.7. The minimum absolute atomic E-state index is 0.0773. The van der Waals surface area contributed by atoms with E-state index in [9.17, 15) is 4.79 Å². The molecule has 2 saturated heterocycles. The number of likely N-dealkylation sites (tertiary alicyclic amines) is 1. The maximum atomic E-state index is 16.7. The van der Waals surface area contributed by atoms with Crippen molar-refractivity contribution in [3.63, 3.8) is 0 Å². The Hall–Kier alpha value is -4.83. The number of nitrogens with two attached hydrogens (primary N) is 2. The molecule has 9 nitrogen and oxygen atoms in total. The van der Waals surface area contributed by atoms with Crippen molar-refractivity contribution in [2.75, 3.05) is 30.2 Å². The van der Waals surface area contributed by atoms with Crippen LogP contribution in [-0.4, -0.2) is 55.9 Å². The molecular formula is C36H37FN8O. The van der Waals surface area contributed by atoms with E-state index in [2.05, 4.69) is 4.98 Å². The van der Waals surface area contributed by atoms with Gasteiger partial charge in [0.15, 0.2) is 17.3 Å². The van der Waals surface area contributed by atoms with Crippen molar-refractivity contribution in [2.24, 2.45) is 5.73 Å². The van der Waals surface area contributed by atoms with E-state index in [1.165, 1.54) is 6.07 Å². The lowest BCUT2D eigenvalue weighted by molar-refractivity contribution is -0.130. The second-order valence-corrected chi connectivity index (χ2v) is 12.3. The fraction of sp³-hybridized carbons (Fsp3) is 0.333. The third kappa shape index (κ3) is 4.79. The van der Waals surface area contributed by atoms with Crippen molar-refractivity contribution < 1.29 is 14.7 Å². The summed E-state index contributed by atoms with van der Waals surface area (Å²) in [5, 5.41) is 0. The first kappa shape index (κ1) is 24.4. The number of nitrogens with zero attached hydrogens (tertiary/aromatic N) is 6. The second-order valence-electron chi connectivity index (χ2n) is 12.3. The summed E-state index contributed by atoms with van der Waals surface area (Å²) in [4.78, 5) is 29.0. The van der Waals surface area contributed by atoms with Crippen molar-refractivity contribution >= 4 is 28.6 Å². The Kier molecular flexibility index (Phi) is 5.94. The van der Waals surface area contributed by atoms with E-state index in [0.717, 1.165) is 35.4 Å². The summed E-state index contributed by atoms with van der Waals surface area (Å²) < 4.78 is 54.2. The van der Waals surface area contributed by atoms with Gasteiger partial charge in [-0.15, -0.1) is 0 Å². The number of piperidine rings is 1. The molecule has 2 aromatic carbocycles. The van der Waals surface area contributed by atoms with Gasteiger partial charge in [0, 0.05) is 60.5 Å². The summed E-state index contributed by atoms with van der Waals surface area (Å²) in [5.41, 5.74) is 16.1. The van der Waals surface area contributed by atoms with Gasteiger partial charge in [-0.25, -0.2) is 19.3 Å². The molecule has 5 aromatic rings. The molecule has 8 rings (SSSR count). The number of pyridine rings is 2. The Morgan fingerprint density at radius 1 is 0.935 bits per heavy atom. The number of halogens is 1. The highest BCUT2D eigenvalue weighted by Gasteiger charge is 2.34. The monoisotopic (exact) mass is 620 g/mol. The van der Waals surface area contributed by atoms with E-state index in [0.29, 0.717) is 41.9 Å². The van der Waals surface area contributed by atoms with Gasteiger partial charge in [0.05, 0.1) is 16.9 Å². The van der Waals surface area contributed by atoms with Gasteiger partial charge in [-0.3, -0.25) is 9.36 Å². The molecule has 5 heterocycles. The van der Waals surface area contributed by atoms with Gasteiger partial charge in [-0.1, -0.05) is 18.2 Å². The number of imidazole rings is 1. The number of benzene rings is 2. The lowest BCUT2D eigenvalue weighted by atomic mass is 9.73. The molecule has 234 valence electrons. The highest BCUT2D eigenvalue weighted by molar-refractivity contribution is 5.85. The SMILES string of the molecule is [2H]C1([2H])CC(N2CCCC2=O)CC([2H])([2H])N1c1cccc(-c2ccc3nc(-c4cccnc4N)n(-c4ccc(C5(N)CCC5)cc4)c3n2)c1F. The van der Waals surface area contributed by atoms with Crippen LogP contribution in [0.1, 0.15) is 56.0 Å². The fourth-order valence-electron chi connectivity index (χ4n) is 6.79. The topological polar surface area (TPSA) is 119 Å². The van der Waals surface area contributed by atoms with Crippen LogP contribution in [0.4, 0.5) is 15.9 Å². The molecule has 10 heteroatoms. The van der Waals surface area contributed by atoms with E-state index in [-0.39, 0.29) is 47.1 Å². The number of hydrogen-bond donors (Lipinski definition) is 2. The summed E-state index contributed by atoms with van der Waals surface area (Å²) in [6.45, 7) is -4.09. The van der Waals surface area contributed by atoms with Gasteiger partial charge in [0.1, 0.15) is 11.3 Å². The lowest BCUT2D eigenvalue weighted by Gasteiger charge is -2.38. The van der Waals surface area contributed by atoms with Crippen LogP contribution < -0.4 is 16.4 Å². The number of anilines is 2. The third-order valence-corrected chi connectivity index (χ3v) is 9.55. The molecular weight excluding hydrogens is 579 g/mol. The molecule has 0 unspecified atom stereocenters. The summed E-state index contributed by atoms with van der Waals surface area (Å²) in [5.74, 6) is -0.111. The highest BCUT2D eigenvalue weighted by atomic mass is 19.1. The molecule has 1 amide bonds. The first-order valence-electron chi connectivity index (χ1n) is 17.8. The number of rotatable bonds is 6. The average Bonchev–Trinajstić information content (AvgIpc) is 3.67. The molecule has 1 aliphatic carbocycles. The summed E-state index contributed by atoms with van der Waals surface area (Å²) >= 11 is 0. The van der Waals surface area contributed by atoms with Crippen LogP contribution in [-0.2, 0) is 10.3 Å². The van der Waals surface area contributed by atoms with Gasteiger partial charge in [-0.2, -0.15) is 0 Å². The van der Waals surface area contributed by atoms with Gasteiger partial charge >= 0.3 is 0 Å². The minimum Gasteiger partial charge on any atom is -0.383 e. The molecule has 0 atom stereocenters. The quantitative estimate of drug-likeness (QED) is 0.246. The van der Waals surface area contributed by atoms with E-state index in [1.807, 2.05) is 34.9 Å². The molecule has 3 aliphatic rings. The molecule has 3 aromatic heterocycles. The largest absolute Gasteiger partial charge is 0.383 e.